The number of hydrogen-bond acceptors (Lipinski definition) is 2. The Morgan fingerprint density at radius 2 is 1.76 bits per heavy atom. The van der Waals surface area contributed by atoms with E-state index in [0.717, 1.165) is 38.1 Å². The molecule has 0 aromatic heterocycles. The highest BCUT2D eigenvalue weighted by Crippen LogP contribution is 2.31. The molecule has 0 bridgehead atoms. The second-order valence-electron chi connectivity index (χ2n) is 4.40. The lowest BCUT2D eigenvalue weighted by molar-refractivity contribution is 0.311. The molecule has 1 heterocycles. The molecule has 1 aliphatic rings. The van der Waals surface area contributed by atoms with Gasteiger partial charge in [-0.2, -0.15) is 0 Å². The Balaban J connectivity index is 2.26. The van der Waals surface area contributed by atoms with Crippen molar-refractivity contribution in [2.24, 2.45) is 11.7 Å². The van der Waals surface area contributed by atoms with Crippen LogP contribution in [0.2, 0.25) is 5.02 Å². The zero-order valence-corrected chi connectivity index (χ0v) is 10.1. The third-order valence-corrected chi connectivity index (χ3v) is 3.49. The van der Waals surface area contributed by atoms with Crippen molar-refractivity contribution in [3.8, 4) is 0 Å². The summed E-state index contributed by atoms with van der Waals surface area (Å²) in [6.45, 7) is 1.68. The molecule has 5 heteroatoms. The molecule has 1 aromatic rings. The number of piperidine rings is 1. The van der Waals surface area contributed by atoms with E-state index in [2.05, 4.69) is 5.32 Å². The molecule has 3 N–H and O–H groups in total. The molecular weight excluding hydrogens is 246 g/mol. The van der Waals surface area contributed by atoms with Crippen molar-refractivity contribution in [3.05, 3.63) is 34.4 Å². The molecule has 1 aromatic carbocycles. The molecule has 0 unspecified atom stereocenters. The van der Waals surface area contributed by atoms with Crippen LogP contribution in [-0.2, 0) is 0 Å². The van der Waals surface area contributed by atoms with E-state index >= 15 is 0 Å². The summed E-state index contributed by atoms with van der Waals surface area (Å²) in [7, 11) is 0. The van der Waals surface area contributed by atoms with Gasteiger partial charge in [-0.05, 0) is 44.0 Å². The van der Waals surface area contributed by atoms with Crippen LogP contribution in [0, 0.1) is 17.6 Å². The third-order valence-electron chi connectivity index (χ3n) is 3.27. The summed E-state index contributed by atoms with van der Waals surface area (Å²) in [5.41, 5.74) is 5.93. The van der Waals surface area contributed by atoms with E-state index in [-0.39, 0.29) is 16.5 Å². The molecular formula is C12H15ClF2N2. The number of hydrogen-bond donors (Lipinski definition) is 2. The zero-order valence-electron chi connectivity index (χ0n) is 9.35. The van der Waals surface area contributed by atoms with Crippen molar-refractivity contribution >= 4 is 11.6 Å². The Morgan fingerprint density at radius 3 is 2.29 bits per heavy atom. The van der Waals surface area contributed by atoms with Crippen LogP contribution in [0.1, 0.15) is 24.4 Å². The summed E-state index contributed by atoms with van der Waals surface area (Å²) in [5, 5.41) is 3.25. The molecule has 0 aliphatic carbocycles. The van der Waals surface area contributed by atoms with Gasteiger partial charge in [0.2, 0.25) is 0 Å². The van der Waals surface area contributed by atoms with Crippen LogP contribution in [0.4, 0.5) is 8.78 Å². The average Bonchev–Trinajstić information content (AvgIpc) is 2.28. The lowest BCUT2D eigenvalue weighted by Gasteiger charge is -2.28. The van der Waals surface area contributed by atoms with Crippen molar-refractivity contribution < 1.29 is 8.78 Å². The number of nitrogens with one attached hydrogen (secondary N) is 1. The van der Waals surface area contributed by atoms with Crippen molar-refractivity contribution in [3.63, 3.8) is 0 Å². The zero-order chi connectivity index (χ0) is 12.4. The SMILES string of the molecule is N[C@@H](c1c(F)cc(Cl)cc1F)C1CCNCC1. The van der Waals surface area contributed by atoms with E-state index in [1.165, 1.54) is 0 Å². The Labute approximate surface area is 104 Å². The van der Waals surface area contributed by atoms with Gasteiger partial charge < -0.3 is 11.1 Å². The number of halogens is 3. The number of nitrogens with two attached hydrogens (primary N) is 1. The topological polar surface area (TPSA) is 38.0 Å². The summed E-state index contributed by atoms with van der Waals surface area (Å²) in [5.74, 6) is -1.19. The number of benzene rings is 1. The summed E-state index contributed by atoms with van der Waals surface area (Å²) in [6.07, 6.45) is 1.67. The van der Waals surface area contributed by atoms with Crippen LogP contribution in [0.3, 0.4) is 0 Å². The van der Waals surface area contributed by atoms with Gasteiger partial charge in [0.25, 0.3) is 0 Å². The first-order valence-corrected chi connectivity index (χ1v) is 6.08. The quantitative estimate of drug-likeness (QED) is 0.858. The van der Waals surface area contributed by atoms with Crippen molar-refractivity contribution in [2.75, 3.05) is 13.1 Å². The minimum atomic E-state index is -0.652. The van der Waals surface area contributed by atoms with Gasteiger partial charge in [0.1, 0.15) is 11.6 Å². The fraction of sp³-hybridized carbons (Fsp3) is 0.500. The van der Waals surface area contributed by atoms with Crippen LogP contribution in [0.5, 0.6) is 0 Å². The molecule has 1 fully saturated rings. The first-order chi connectivity index (χ1) is 8.09. The molecule has 0 spiro atoms. The average molecular weight is 261 g/mol. The highest BCUT2D eigenvalue weighted by atomic mass is 35.5. The van der Waals surface area contributed by atoms with Gasteiger partial charge >= 0.3 is 0 Å². The maximum Gasteiger partial charge on any atom is 0.132 e. The first kappa shape index (κ1) is 12.7. The molecule has 0 radical (unpaired) electrons. The Morgan fingerprint density at radius 1 is 1.24 bits per heavy atom. The summed E-state index contributed by atoms with van der Waals surface area (Å²) >= 11 is 5.58. The highest BCUT2D eigenvalue weighted by molar-refractivity contribution is 6.30. The fourth-order valence-corrected chi connectivity index (χ4v) is 2.50. The van der Waals surface area contributed by atoms with E-state index in [1.807, 2.05) is 0 Å². The standard InChI is InChI=1S/C12H15ClF2N2/c13-8-5-9(14)11(10(15)6-8)12(16)7-1-3-17-4-2-7/h5-7,12,17H,1-4,16H2/t12-/m1/s1. The molecule has 2 rings (SSSR count). The van der Waals surface area contributed by atoms with Gasteiger partial charge in [-0.1, -0.05) is 11.6 Å². The van der Waals surface area contributed by atoms with Crippen molar-refractivity contribution in [2.45, 2.75) is 18.9 Å². The monoisotopic (exact) mass is 260 g/mol. The second kappa shape index (κ2) is 5.29. The minimum Gasteiger partial charge on any atom is -0.324 e. The van der Waals surface area contributed by atoms with Gasteiger partial charge in [0.05, 0.1) is 0 Å². The Hall–Kier alpha value is -0.710. The van der Waals surface area contributed by atoms with Gasteiger partial charge in [-0.3, -0.25) is 0 Å². The molecule has 1 saturated heterocycles. The molecule has 94 valence electrons. The minimum absolute atomic E-state index is 0.0405. The molecule has 1 atom stereocenters. The summed E-state index contributed by atoms with van der Waals surface area (Å²) in [4.78, 5) is 0. The van der Waals surface area contributed by atoms with Crippen LogP contribution >= 0.6 is 11.6 Å². The molecule has 0 amide bonds. The van der Waals surface area contributed by atoms with E-state index < -0.39 is 17.7 Å². The summed E-state index contributed by atoms with van der Waals surface area (Å²) in [6, 6.07) is 1.62. The molecule has 1 aliphatic heterocycles. The van der Waals surface area contributed by atoms with E-state index in [0.29, 0.717) is 0 Å². The third kappa shape index (κ3) is 2.76. The summed E-state index contributed by atoms with van der Waals surface area (Å²) < 4.78 is 27.4. The van der Waals surface area contributed by atoms with Crippen LogP contribution < -0.4 is 11.1 Å². The largest absolute Gasteiger partial charge is 0.324 e. The highest BCUT2D eigenvalue weighted by Gasteiger charge is 2.26. The first-order valence-electron chi connectivity index (χ1n) is 5.70. The lowest BCUT2D eigenvalue weighted by atomic mass is 9.86. The predicted molar refractivity (Wildman–Crippen MR) is 63.9 cm³/mol. The van der Waals surface area contributed by atoms with Crippen molar-refractivity contribution in [1.82, 2.24) is 5.32 Å². The molecule has 0 saturated carbocycles. The normalized spacial score (nSPS) is 19.3. The second-order valence-corrected chi connectivity index (χ2v) is 4.83. The van der Waals surface area contributed by atoms with Crippen LogP contribution in [0.15, 0.2) is 12.1 Å². The van der Waals surface area contributed by atoms with E-state index in [9.17, 15) is 8.78 Å². The van der Waals surface area contributed by atoms with E-state index in [1.54, 1.807) is 0 Å². The lowest BCUT2D eigenvalue weighted by Crippen LogP contribution is -2.34. The van der Waals surface area contributed by atoms with Gasteiger partial charge in [-0.25, -0.2) is 8.78 Å². The predicted octanol–water partition coefficient (Wildman–Crippen LogP) is 2.62. The Kier molecular flexibility index (Phi) is 3.97. The van der Waals surface area contributed by atoms with E-state index in [4.69, 9.17) is 17.3 Å². The van der Waals surface area contributed by atoms with Gasteiger partial charge in [0.15, 0.2) is 0 Å². The molecule has 2 nitrogen and oxygen atoms in total. The maximum absolute atomic E-state index is 13.7. The van der Waals surface area contributed by atoms with Crippen molar-refractivity contribution in [1.29, 1.82) is 0 Å². The molecule has 17 heavy (non-hydrogen) atoms. The van der Waals surface area contributed by atoms with Crippen LogP contribution in [-0.4, -0.2) is 13.1 Å². The number of rotatable bonds is 2. The van der Waals surface area contributed by atoms with Gasteiger partial charge in [0, 0.05) is 16.6 Å². The fourth-order valence-electron chi connectivity index (χ4n) is 2.31. The van der Waals surface area contributed by atoms with Gasteiger partial charge in [-0.15, -0.1) is 0 Å². The maximum atomic E-state index is 13.7. The van der Waals surface area contributed by atoms with Crippen LogP contribution in [0.25, 0.3) is 0 Å². The Bertz CT molecular complexity index is 382. The smallest absolute Gasteiger partial charge is 0.132 e.